The molecule has 1 atom stereocenters. The lowest BCUT2D eigenvalue weighted by Gasteiger charge is -2.06. The van der Waals surface area contributed by atoms with Crippen LogP contribution in [0.3, 0.4) is 0 Å². The van der Waals surface area contributed by atoms with Crippen LogP contribution < -0.4 is 4.74 Å². The molecule has 0 saturated heterocycles. The van der Waals surface area contributed by atoms with Crippen molar-refractivity contribution in [1.82, 2.24) is 0 Å². The van der Waals surface area contributed by atoms with Crippen molar-refractivity contribution < 1.29 is 13.3 Å². The first kappa shape index (κ1) is 14.2. The molecule has 0 aromatic heterocycles. The monoisotopic (exact) mass is 289 g/mol. The number of methoxy groups -OCH3 is 1. The Labute approximate surface area is 119 Å². The van der Waals surface area contributed by atoms with Gasteiger partial charge < -0.3 is 4.74 Å². The van der Waals surface area contributed by atoms with Crippen LogP contribution in [0.4, 0.5) is 4.39 Å². The number of nitriles is 1. The van der Waals surface area contributed by atoms with Crippen molar-refractivity contribution in [1.29, 1.82) is 5.26 Å². The van der Waals surface area contributed by atoms with Crippen LogP contribution in [0.15, 0.2) is 47.4 Å². The molecule has 0 aliphatic rings. The average Bonchev–Trinajstić information content (AvgIpc) is 2.47. The van der Waals surface area contributed by atoms with Crippen LogP contribution in [0, 0.1) is 17.1 Å². The fraction of sp³-hybridized carbons (Fsp3) is 0.133. The highest BCUT2D eigenvalue weighted by atomic mass is 32.2. The Kier molecular flexibility index (Phi) is 4.49. The van der Waals surface area contributed by atoms with Gasteiger partial charge >= 0.3 is 0 Å². The van der Waals surface area contributed by atoms with Crippen molar-refractivity contribution in [3.8, 4) is 11.8 Å². The van der Waals surface area contributed by atoms with Gasteiger partial charge in [-0.05, 0) is 42.0 Å². The van der Waals surface area contributed by atoms with E-state index in [1.54, 1.807) is 24.3 Å². The maximum Gasteiger partial charge on any atom is 0.123 e. The molecule has 0 radical (unpaired) electrons. The zero-order valence-electron chi connectivity index (χ0n) is 10.8. The predicted molar refractivity (Wildman–Crippen MR) is 74.2 cm³/mol. The molecule has 0 amide bonds. The predicted octanol–water partition coefficient (Wildman–Crippen LogP) is 3.01. The number of hydrogen-bond acceptors (Lipinski definition) is 3. The number of rotatable bonds is 4. The Hall–Kier alpha value is -2.19. The van der Waals surface area contributed by atoms with Crippen molar-refractivity contribution >= 4 is 10.8 Å². The lowest BCUT2D eigenvalue weighted by Crippen LogP contribution is -2.00. The lowest BCUT2D eigenvalue weighted by molar-refractivity contribution is 0.413. The summed E-state index contributed by atoms with van der Waals surface area (Å²) in [5, 5.41) is 8.98. The van der Waals surface area contributed by atoms with Crippen LogP contribution in [0.1, 0.15) is 11.1 Å². The van der Waals surface area contributed by atoms with Crippen LogP contribution in [-0.4, -0.2) is 11.3 Å². The molecule has 2 rings (SSSR count). The Morgan fingerprint density at radius 1 is 1.30 bits per heavy atom. The first-order valence-corrected chi connectivity index (χ1v) is 7.17. The SMILES string of the molecule is COc1cccc(S(=O)Cc2cc(F)ccc2C#N)c1. The summed E-state index contributed by atoms with van der Waals surface area (Å²) in [6.07, 6.45) is 0. The molecule has 5 heteroatoms. The fourth-order valence-electron chi connectivity index (χ4n) is 1.76. The molecular formula is C15H12FNO2S. The van der Waals surface area contributed by atoms with Crippen molar-refractivity contribution in [2.45, 2.75) is 10.6 Å². The summed E-state index contributed by atoms with van der Waals surface area (Å²) < 4.78 is 30.6. The van der Waals surface area contributed by atoms with Crippen molar-refractivity contribution in [3.05, 3.63) is 59.4 Å². The van der Waals surface area contributed by atoms with E-state index in [1.165, 1.54) is 25.3 Å². The molecule has 2 aromatic carbocycles. The van der Waals surface area contributed by atoms with Crippen LogP contribution in [0.2, 0.25) is 0 Å². The van der Waals surface area contributed by atoms with Gasteiger partial charge in [-0.25, -0.2) is 4.39 Å². The van der Waals surface area contributed by atoms with E-state index in [2.05, 4.69) is 0 Å². The van der Waals surface area contributed by atoms with Crippen LogP contribution >= 0.6 is 0 Å². The molecule has 0 spiro atoms. The van der Waals surface area contributed by atoms with Gasteiger partial charge in [0.15, 0.2) is 0 Å². The van der Waals surface area contributed by atoms with E-state index in [9.17, 15) is 8.60 Å². The zero-order chi connectivity index (χ0) is 14.5. The minimum Gasteiger partial charge on any atom is -0.497 e. The molecule has 2 aromatic rings. The Bertz CT molecular complexity index is 695. The summed E-state index contributed by atoms with van der Waals surface area (Å²) in [4.78, 5) is 0.581. The fourth-order valence-corrected chi connectivity index (χ4v) is 2.92. The highest BCUT2D eigenvalue weighted by molar-refractivity contribution is 7.84. The largest absolute Gasteiger partial charge is 0.497 e. The second-order valence-electron chi connectivity index (χ2n) is 4.08. The zero-order valence-corrected chi connectivity index (χ0v) is 11.6. The second-order valence-corrected chi connectivity index (χ2v) is 5.53. The van der Waals surface area contributed by atoms with E-state index in [0.717, 1.165) is 0 Å². The summed E-state index contributed by atoms with van der Waals surface area (Å²) in [5.41, 5.74) is 0.774. The molecule has 20 heavy (non-hydrogen) atoms. The first-order chi connectivity index (χ1) is 9.63. The Morgan fingerprint density at radius 2 is 2.10 bits per heavy atom. The number of hydrogen-bond donors (Lipinski definition) is 0. The summed E-state index contributed by atoms with van der Waals surface area (Å²) >= 11 is 0. The van der Waals surface area contributed by atoms with Gasteiger partial charge in [-0.15, -0.1) is 0 Å². The number of nitrogens with zero attached hydrogens (tertiary/aromatic N) is 1. The summed E-state index contributed by atoms with van der Waals surface area (Å²) in [6.45, 7) is 0. The Morgan fingerprint density at radius 3 is 2.80 bits per heavy atom. The van der Waals surface area contributed by atoms with Crippen LogP contribution in [-0.2, 0) is 16.6 Å². The molecule has 0 heterocycles. The minimum absolute atomic E-state index is 0.0911. The van der Waals surface area contributed by atoms with Crippen LogP contribution in [0.25, 0.3) is 0 Å². The van der Waals surface area contributed by atoms with Gasteiger partial charge in [0.2, 0.25) is 0 Å². The van der Waals surface area contributed by atoms with E-state index in [0.29, 0.717) is 21.8 Å². The summed E-state index contributed by atoms with van der Waals surface area (Å²) in [5.74, 6) is 0.255. The van der Waals surface area contributed by atoms with Crippen LogP contribution in [0.5, 0.6) is 5.75 Å². The molecule has 0 fully saturated rings. The van der Waals surface area contributed by atoms with Crippen molar-refractivity contribution in [3.63, 3.8) is 0 Å². The molecule has 0 aliphatic heterocycles. The topological polar surface area (TPSA) is 50.1 Å². The van der Waals surface area contributed by atoms with E-state index in [1.807, 2.05) is 6.07 Å². The summed E-state index contributed by atoms with van der Waals surface area (Å²) in [7, 11) is 0.166. The maximum atomic E-state index is 13.2. The molecule has 3 nitrogen and oxygen atoms in total. The van der Waals surface area contributed by atoms with E-state index < -0.39 is 16.6 Å². The molecule has 102 valence electrons. The summed E-state index contributed by atoms with van der Waals surface area (Å²) in [6, 6.07) is 12.7. The van der Waals surface area contributed by atoms with Crippen molar-refractivity contribution in [2.24, 2.45) is 0 Å². The molecule has 1 unspecified atom stereocenters. The standard InChI is InChI=1S/C15H12FNO2S/c1-19-14-3-2-4-15(8-14)20(18)10-12-7-13(16)6-5-11(12)9-17/h2-8H,10H2,1H3. The van der Waals surface area contributed by atoms with E-state index >= 15 is 0 Å². The second kappa shape index (κ2) is 6.31. The number of benzene rings is 2. The first-order valence-electron chi connectivity index (χ1n) is 5.85. The van der Waals surface area contributed by atoms with Gasteiger partial charge in [0.05, 0.1) is 35.3 Å². The van der Waals surface area contributed by atoms with Gasteiger partial charge in [-0.1, -0.05) is 6.07 Å². The molecule has 0 aliphatic carbocycles. The highest BCUT2D eigenvalue weighted by Gasteiger charge is 2.10. The third kappa shape index (κ3) is 3.22. The van der Waals surface area contributed by atoms with Gasteiger partial charge in [0.1, 0.15) is 11.6 Å². The molecule has 0 saturated carbocycles. The average molecular weight is 289 g/mol. The van der Waals surface area contributed by atoms with Crippen molar-refractivity contribution in [2.75, 3.05) is 7.11 Å². The van der Waals surface area contributed by atoms with Gasteiger partial charge in [-0.2, -0.15) is 5.26 Å². The van der Waals surface area contributed by atoms with E-state index in [4.69, 9.17) is 10.00 Å². The molecular weight excluding hydrogens is 277 g/mol. The van der Waals surface area contributed by atoms with Gasteiger partial charge in [-0.3, -0.25) is 4.21 Å². The van der Waals surface area contributed by atoms with Gasteiger partial charge in [0, 0.05) is 4.90 Å². The molecule has 0 bridgehead atoms. The van der Waals surface area contributed by atoms with Gasteiger partial charge in [0.25, 0.3) is 0 Å². The molecule has 0 N–H and O–H groups in total. The number of halogens is 1. The quantitative estimate of drug-likeness (QED) is 0.869. The normalized spacial score (nSPS) is 11.7. The third-order valence-electron chi connectivity index (χ3n) is 2.78. The highest BCUT2D eigenvalue weighted by Crippen LogP contribution is 2.20. The number of ether oxygens (including phenoxy) is 1. The Balaban J connectivity index is 2.28. The lowest BCUT2D eigenvalue weighted by atomic mass is 10.1. The maximum absolute atomic E-state index is 13.2. The minimum atomic E-state index is -1.36. The smallest absolute Gasteiger partial charge is 0.123 e. The third-order valence-corrected chi connectivity index (χ3v) is 4.13. The van der Waals surface area contributed by atoms with E-state index in [-0.39, 0.29) is 5.75 Å².